The van der Waals surface area contributed by atoms with Crippen LogP contribution in [0.5, 0.6) is 0 Å². The Labute approximate surface area is 147 Å². The van der Waals surface area contributed by atoms with E-state index in [1.165, 1.54) is 11.1 Å². The summed E-state index contributed by atoms with van der Waals surface area (Å²) in [5.41, 5.74) is 4.59. The molecule has 25 heavy (non-hydrogen) atoms. The first-order valence-corrected chi connectivity index (χ1v) is 8.84. The lowest BCUT2D eigenvalue weighted by atomic mass is 10.0. The van der Waals surface area contributed by atoms with Crippen LogP contribution in [-0.4, -0.2) is 56.7 Å². The summed E-state index contributed by atoms with van der Waals surface area (Å²) in [6.45, 7) is 5.06. The number of aryl methyl sites for hydroxylation is 1. The third-order valence-electron chi connectivity index (χ3n) is 5.25. The van der Waals surface area contributed by atoms with E-state index in [0.29, 0.717) is 26.1 Å². The fourth-order valence-electron chi connectivity index (χ4n) is 3.91. The minimum atomic E-state index is -0.475. The monoisotopic (exact) mass is 340 g/mol. The fraction of sp³-hybridized carbons (Fsp3) is 0.474. The van der Waals surface area contributed by atoms with Crippen molar-refractivity contribution in [3.8, 4) is 0 Å². The van der Waals surface area contributed by atoms with Gasteiger partial charge in [-0.25, -0.2) is 0 Å². The molecule has 0 spiro atoms. The molecule has 0 aliphatic carbocycles. The van der Waals surface area contributed by atoms with Crippen LogP contribution in [0.4, 0.5) is 0 Å². The molecule has 1 fully saturated rings. The average molecular weight is 340 g/mol. The van der Waals surface area contributed by atoms with E-state index in [1.54, 1.807) is 4.90 Å². The van der Waals surface area contributed by atoms with Gasteiger partial charge in [0.25, 0.3) is 0 Å². The third kappa shape index (κ3) is 3.45. The number of hydrogen-bond acceptors (Lipinski definition) is 4. The SMILES string of the molecule is Cc1cc(C[C@@H]2CN(C(=O)CN3Cc4ccccc4C3)C[C@H]2O)n[nH]1. The van der Waals surface area contributed by atoms with Crippen molar-refractivity contribution in [3.63, 3.8) is 0 Å². The van der Waals surface area contributed by atoms with Crippen molar-refractivity contribution >= 4 is 5.91 Å². The van der Waals surface area contributed by atoms with Crippen molar-refractivity contribution in [1.29, 1.82) is 0 Å². The molecule has 0 bridgehead atoms. The number of nitrogens with zero attached hydrogens (tertiary/aromatic N) is 3. The summed E-state index contributed by atoms with van der Waals surface area (Å²) >= 11 is 0. The minimum absolute atomic E-state index is 0.0578. The standard InChI is InChI=1S/C19H24N4O2/c1-13-6-17(21-20-13)7-16-10-23(11-18(16)24)19(25)12-22-8-14-4-2-3-5-15(14)9-22/h2-6,16,18,24H,7-12H2,1H3,(H,20,21)/t16-,18-/m1/s1. The van der Waals surface area contributed by atoms with E-state index in [-0.39, 0.29) is 11.8 Å². The van der Waals surface area contributed by atoms with Crippen LogP contribution in [-0.2, 0) is 24.3 Å². The largest absolute Gasteiger partial charge is 0.391 e. The number of carbonyl (C=O) groups excluding carboxylic acids is 1. The summed E-state index contributed by atoms with van der Waals surface area (Å²) in [5, 5.41) is 17.5. The van der Waals surface area contributed by atoms with Crippen LogP contribution in [0, 0.1) is 12.8 Å². The molecule has 2 N–H and O–H groups in total. The second-order valence-corrected chi connectivity index (χ2v) is 7.29. The Morgan fingerprint density at radius 3 is 2.64 bits per heavy atom. The lowest BCUT2D eigenvalue weighted by Gasteiger charge is -2.20. The van der Waals surface area contributed by atoms with Gasteiger partial charge in [0.05, 0.1) is 18.3 Å². The van der Waals surface area contributed by atoms with E-state index < -0.39 is 6.10 Å². The lowest BCUT2D eigenvalue weighted by molar-refractivity contribution is -0.131. The van der Waals surface area contributed by atoms with Gasteiger partial charge in [-0.05, 0) is 30.5 Å². The smallest absolute Gasteiger partial charge is 0.236 e. The molecular weight excluding hydrogens is 316 g/mol. The van der Waals surface area contributed by atoms with E-state index >= 15 is 0 Å². The van der Waals surface area contributed by atoms with E-state index in [9.17, 15) is 9.90 Å². The van der Waals surface area contributed by atoms with Crippen molar-refractivity contribution in [3.05, 3.63) is 52.8 Å². The number of fused-ring (bicyclic) bond motifs is 1. The summed E-state index contributed by atoms with van der Waals surface area (Å²) in [4.78, 5) is 16.6. The number of carbonyl (C=O) groups is 1. The first-order valence-electron chi connectivity index (χ1n) is 8.84. The Morgan fingerprint density at radius 1 is 1.28 bits per heavy atom. The van der Waals surface area contributed by atoms with Crippen LogP contribution >= 0.6 is 0 Å². The molecule has 0 saturated carbocycles. The number of amides is 1. The Kier molecular flexibility index (Phi) is 4.31. The summed E-state index contributed by atoms with van der Waals surface area (Å²) in [6.07, 6.45) is 0.224. The molecule has 6 heteroatoms. The van der Waals surface area contributed by atoms with E-state index in [0.717, 1.165) is 24.5 Å². The zero-order chi connectivity index (χ0) is 17.4. The van der Waals surface area contributed by atoms with Gasteiger partial charge in [-0.15, -0.1) is 0 Å². The van der Waals surface area contributed by atoms with Crippen molar-refractivity contribution < 1.29 is 9.90 Å². The summed E-state index contributed by atoms with van der Waals surface area (Å²) in [7, 11) is 0. The Balaban J connectivity index is 1.33. The number of H-pyrrole nitrogens is 1. The third-order valence-corrected chi connectivity index (χ3v) is 5.25. The van der Waals surface area contributed by atoms with Crippen LogP contribution in [0.2, 0.25) is 0 Å². The predicted octanol–water partition coefficient (Wildman–Crippen LogP) is 1.10. The Hall–Kier alpha value is -2.18. The number of aliphatic hydroxyl groups is 1. The van der Waals surface area contributed by atoms with Crippen molar-refractivity contribution in [2.45, 2.75) is 32.5 Å². The zero-order valence-electron chi connectivity index (χ0n) is 14.5. The molecule has 2 atom stereocenters. The normalized spacial score (nSPS) is 23.2. The molecule has 6 nitrogen and oxygen atoms in total. The summed E-state index contributed by atoms with van der Waals surface area (Å²) < 4.78 is 0. The number of hydrogen-bond donors (Lipinski definition) is 2. The lowest BCUT2D eigenvalue weighted by Crippen LogP contribution is -2.37. The van der Waals surface area contributed by atoms with Gasteiger partial charge in [-0.1, -0.05) is 24.3 Å². The van der Waals surface area contributed by atoms with Gasteiger partial charge in [0.2, 0.25) is 5.91 Å². The molecule has 3 heterocycles. The van der Waals surface area contributed by atoms with Crippen molar-refractivity contribution in [1.82, 2.24) is 20.0 Å². The number of nitrogens with one attached hydrogen (secondary N) is 1. The Bertz CT molecular complexity index is 747. The average Bonchev–Trinajstić information content (AvgIpc) is 3.27. The first-order chi connectivity index (χ1) is 12.1. The highest BCUT2D eigenvalue weighted by Gasteiger charge is 2.35. The highest BCUT2D eigenvalue weighted by Crippen LogP contribution is 2.24. The number of benzene rings is 1. The molecule has 132 valence electrons. The van der Waals surface area contributed by atoms with Crippen LogP contribution in [0.15, 0.2) is 30.3 Å². The van der Waals surface area contributed by atoms with Gasteiger partial charge < -0.3 is 10.0 Å². The number of aromatic nitrogens is 2. The predicted molar refractivity (Wildman–Crippen MR) is 93.7 cm³/mol. The molecule has 1 aromatic heterocycles. The number of β-amino-alcohol motifs (C(OH)–C–C–N with tert-alkyl or cyclic N) is 1. The molecule has 2 aliphatic rings. The Morgan fingerprint density at radius 2 is 2.00 bits per heavy atom. The first kappa shape index (κ1) is 16.3. The minimum Gasteiger partial charge on any atom is -0.391 e. The molecule has 1 saturated heterocycles. The summed E-state index contributed by atoms with van der Waals surface area (Å²) in [6, 6.07) is 10.3. The van der Waals surface area contributed by atoms with Gasteiger partial charge in [0, 0.05) is 37.8 Å². The maximum absolute atomic E-state index is 12.7. The molecule has 1 amide bonds. The number of aromatic amines is 1. The van der Waals surface area contributed by atoms with Crippen molar-refractivity contribution in [2.24, 2.45) is 5.92 Å². The van der Waals surface area contributed by atoms with Gasteiger partial charge in [0.1, 0.15) is 0 Å². The number of likely N-dealkylation sites (tertiary alicyclic amines) is 1. The van der Waals surface area contributed by atoms with Gasteiger partial charge in [-0.3, -0.25) is 14.8 Å². The molecule has 1 aromatic carbocycles. The van der Waals surface area contributed by atoms with E-state index in [4.69, 9.17) is 0 Å². The maximum atomic E-state index is 12.7. The molecular formula is C19H24N4O2. The second-order valence-electron chi connectivity index (χ2n) is 7.29. The quantitative estimate of drug-likeness (QED) is 0.874. The molecule has 2 aliphatic heterocycles. The highest BCUT2D eigenvalue weighted by atomic mass is 16.3. The van der Waals surface area contributed by atoms with Crippen LogP contribution < -0.4 is 0 Å². The number of rotatable bonds is 4. The topological polar surface area (TPSA) is 72.5 Å². The summed E-state index contributed by atoms with van der Waals surface area (Å²) in [5.74, 6) is 0.162. The molecule has 0 unspecified atom stereocenters. The van der Waals surface area contributed by atoms with Crippen LogP contribution in [0.3, 0.4) is 0 Å². The van der Waals surface area contributed by atoms with Crippen LogP contribution in [0.1, 0.15) is 22.5 Å². The van der Waals surface area contributed by atoms with Gasteiger partial charge in [0.15, 0.2) is 0 Å². The molecule has 0 radical (unpaired) electrons. The second kappa shape index (κ2) is 6.61. The van der Waals surface area contributed by atoms with E-state index in [2.05, 4.69) is 27.2 Å². The maximum Gasteiger partial charge on any atom is 0.236 e. The van der Waals surface area contributed by atoms with Crippen LogP contribution in [0.25, 0.3) is 0 Å². The fourth-order valence-corrected chi connectivity index (χ4v) is 3.91. The molecule has 2 aromatic rings. The zero-order valence-corrected chi connectivity index (χ0v) is 14.5. The number of aliphatic hydroxyl groups excluding tert-OH is 1. The molecule has 4 rings (SSSR count). The van der Waals surface area contributed by atoms with Gasteiger partial charge >= 0.3 is 0 Å². The van der Waals surface area contributed by atoms with Gasteiger partial charge in [-0.2, -0.15) is 5.10 Å². The highest BCUT2D eigenvalue weighted by molar-refractivity contribution is 5.78. The van der Waals surface area contributed by atoms with Crippen molar-refractivity contribution in [2.75, 3.05) is 19.6 Å². The van der Waals surface area contributed by atoms with E-state index in [1.807, 2.05) is 25.1 Å².